The fraction of sp³-hybridized carbons (Fsp3) is 0.364. The Kier molecular flexibility index (Phi) is 8.40. The van der Waals surface area contributed by atoms with E-state index in [-0.39, 0.29) is 30.3 Å². The summed E-state index contributed by atoms with van der Waals surface area (Å²) in [6.07, 6.45) is 1.79. The number of esters is 1. The molecule has 1 amide bonds. The van der Waals surface area contributed by atoms with Gasteiger partial charge in [-0.05, 0) is 49.1 Å². The fourth-order valence-corrected chi connectivity index (χ4v) is 3.46. The van der Waals surface area contributed by atoms with E-state index >= 15 is 0 Å². The number of hydrogen-bond donors (Lipinski definition) is 1. The molecule has 0 heterocycles. The van der Waals surface area contributed by atoms with Crippen molar-refractivity contribution < 1.29 is 14.3 Å². The molecule has 2 aromatic carbocycles. The second kappa shape index (κ2) is 10.8. The molecule has 0 aliphatic carbocycles. The summed E-state index contributed by atoms with van der Waals surface area (Å²) in [5, 5.41) is 2.95. The number of thioether (sulfide) groups is 1. The van der Waals surface area contributed by atoms with Crippen LogP contribution in [0.1, 0.15) is 42.5 Å². The van der Waals surface area contributed by atoms with Crippen LogP contribution in [0.25, 0.3) is 0 Å². The average molecular weight is 386 g/mol. The summed E-state index contributed by atoms with van der Waals surface area (Å²) in [6.45, 7) is 5.92. The number of carbonyl (C=O) groups is 2. The molecule has 1 N–H and O–H groups in total. The number of benzene rings is 2. The Balaban J connectivity index is 1.78. The van der Waals surface area contributed by atoms with Crippen molar-refractivity contribution in [2.24, 2.45) is 0 Å². The zero-order valence-corrected chi connectivity index (χ0v) is 17.0. The molecule has 0 bridgehead atoms. The Morgan fingerprint density at radius 3 is 2.48 bits per heavy atom. The topological polar surface area (TPSA) is 55.4 Å². The lowest BCUT2D eigenvalue weighted by atomic mass is 10.0. The maximum absolute atomic E-state index is 12.2. The molecule has 0 aliphatic heterocycles. The largest absolute Gasteiger partial charge is 0.455 e. The Morgan fingerprint density at radius 2 is 1.81 bits per heavy atom. The molecule has 1 atom stereocenters. The minimum Gasteiger partial charge on any atom is -0.455 e. The first kappa shape index (κ1) is 21.0. The number of aryl methyl sites for hydroxylation is 2. The number of ether oxygens (including phenoxy) is 1. The molecule has 144 valence electrons. The van der Waals surface area contributed by atoms with E-state index < -0.39 is 0 Å². The van der Waals surface area contributed by atoms with Crippen molar-refractivity contribution in [1.29, 1.82) is 0 Å². The van der Waals surface area contributed by atoms with Crippen molar-refractivity contribution in [1.82, 2.24) is 5.32 Å². The minimum absolute atomic E-state index is 0.0627. The third-order valence-electron chi connectivity index (χ3n) is 4.31. The van der Waals surface area contributed by atoms with Gasteiger partial charge in [0.2, 0.25) is 0 Å². The molecule has 2 aromatic rings. The molecular weight excluding hydrogens is 358 g/mol. The van der Waals surface area contributed by atoms with Crippen LogP contribution in [0.2, 0.25) is 0 Å². The van der Waals surface area contributed by atoms with Gasteiger partial charge >= 0.3 is 5.97 Å². The van der Waals surface area contributed by atoms with Gasteiger partial charge in [-0.2, -0.15) is 0 Å². The lowest BCUT2D eigenvalue weighted by Crippen LogP contribution is -2.32. The number of nitrogens with one attached hydrogen (secondary N) is 1. The maximum atomic E-state index is 12.2. The maximum Gasteiger partial charge on any atom is 0.316 e. The van der Waals surface area contributed by atoms with Crippen LogP contribution in [0, 0.1) is 13.8 Å². The Bertz CT molecular complexity index is 761. The van der Waals surface area contributed by atoms with E-state index in [2.05, 4.69) is 25.2 Å². The molecule has 4 nitrogen and oxygen atoms in total. The second-order valence-electron chi connectivity index (χ2n) is 6.51. The van der Waals surface area contributed by atoms with Crippen molar-refractivity contribution in [2.75, 3.05) is 12.4 Å². The number of rotatable bonds is 9. The van der Waals surface area contributed by atoms with Crippen LogP contribution < -0.4 is 5.32 Å². The van der Waals surface area contributed by atoms with Gasteiger partial charge in [0.1, 0.15) is 0 Å². The molecule has 0 fully saturated rings. The van der Waals surface area contributed by atoms with E-state index in [0.29, 0.717) is 0 Å². The van der Waals surface area contributed by atoms with Gasteiger partial charge in [-0.25, -0.2) is 0 Å². The summed E-state index contributed by atoms with van der Waals surface area (Å²) in [5.74, 6) is -0.477. The van der Waals surface area contributed by atoms with Gasteiger partial charge < -0.3 is 10.1 Å². The van der Waals surface area contributed by atoms with Crippen molar-refractivity contribution in [3.8, 4) is 0 Å². The first-order chi connectivity index (χ1) is 13.0. The van der Waals surface area contributed by atoms with Crippen molar-refractivity contribution in [2.45, 2.75) is 44.6 Å². The zero-order valence-electron chi connectivity index (χ0n) is 16.2. The molecule has 5 heteroatoms. The van der Waals surface area contributed by atoms with Gasteiger partial charge in [0.15, 0.2) is 6.61 Å². The molecule has 0 aromatic heterocycles. The van der Waals surface area contributed by atoms with Gasteiger partial charge in [0, 0.05) is 4.90 Å². The molecule has 0 unspecified atom stereocenters. The Hall–Kier alpha value is -2.27. The SMILES string of the molecule is CCC[C@@H](NC(=O)COC(=O)CSc1ccc(C)c(C)c1)c1ccccc1. The van der Waals surface area contributed by atoms with Crippen LogP contribution in [-0.2, 0) is 14.3 Å². The van der Waals surface area contributed by atoms with E-state index in [1.54, 1.807) is 0 Å². The summed E-state index contributed by atoms with van der Waals surface area (Å²) in [6, 6.07) is 15.9. The molecule has 2 rings (SSSR count). The van der Waals surface area contributed by atoms with Crippen molar-refractivity contribution in [3.63, 3.8) is 0 Å². The number of hydrogen-bond acceptors (Lipinski definition) is 4. The Morgan fingerprint density at radius 1 is 1.07 bits per heavy atom. The molecular formula is C22H27NO3S. The standard InChI is InChI=1S/C22H27NO3S/c1-4-8-20(18-9-6-5-7-10-18)23-21(24)14-26-22(25)15-27-19-12-11-16(2)17(3)13-19/h5-7,9-13,20H,4,8,14-15H2,1-3H3,(H,23,24)/t20-/m1/s1. The summed E-state index contributed by atoms with van der Waals surface area (Å²) in [5.41, 5.74) is 3.47. The quantitative estimate of drug-likeness (QED) is 0.506. The predicted molar refractivity (Wildman–Crippen MR) is 110 cm³/mol. The van der Waals surface area contributed by atoms with Crippen molar-refractivity contribution in [3.05, 3.63) is 65.2 Å². The molecule has 0 radical (unpaired) electrons. The van der Waals surface area contributed by atoms with E-state index in [9.17, 15) is 9.59 Å². The highest BCUT2D eigenvalue weighted by Crippen LogP contribution is 2.21. The average Bonchev–Trinajstić information content (AvgIpc) is 2.67. The van der Waals surface area contributed by atoms with Gasteiger partial charge in [-0.15, -0.1) is 11.8 Å². The van der Waals surface area contributed by atoms with E-state index in [0.717, 1.165) is 23.3 Å². The van der Waals surface area contributed by atoms with Gasteiger partial charge in [-0.1, -0.05) is 49.7 Å². The van der Waals surface area contributed by atoms with Crippen LogP contribution in [0.3, 0.4) is 0 Å². The van der Waals surface area contributed by atoms with Crippen molar-refractivity contribution >= 4 is 23.6 Å². The molecule has 27 heavy (non-hydrogen) atoms. The van der Waals surface area contributed by atoms with Crippen LogP contribution in [0.15, 0.2) is 53.4 Å². The van der Waals surface area contributed by atoms with Crippen LogP contribution in [0.5, 0.6) is 0 Å². The highest BCUT2D eigenvalue weighted by atomic mass is 32.2. The molecule has 0 saturated carbocycles. The minimum atomic E-state index is -0.389. The van der Waals surface area contributed by atoms with E-state index in [1.165, 1.54) is 22.9 Å². The fourth-order valence-electron chi connectivity index (χ4n) is 2.67. The van der Waals surface area contributed by atoms with Gasteiger partial charge in [0.25, 0.3) is 5.91 Å². The zero-order chi connectivity index (χ0) is 19.6. The first-order valence-electron chi connectivity index (χ1n) is 9.19. The summed E-state index contributed by atoms with van der Waals surface area (Å²) >= 11 is 1.42. The third-order valence-corrected chi connectivity index (χ3v) is 5.28. The molecule has 0 saturated heterocycles. The normalized spacial score (nSPS) is 11.7. The third kappa shape index (κ3) is 7.10. The molecule has 0 aliphatic rings. The lowest BCUT2D eigenvalue weighted by Gasteiger charge is -2.18. The van der Waals surface area contributed by atoms with Gasteiger partial charge in [-0.3, -0.25) is 9.59 Å². The van der Waals surface area contributed by atoms with Gasteiger partial charge in [0.05, 0.1) is 11.8 Å². The predicted octanol–water partition coefficient (Wildman–Crippen LogP) is 4.60. The van der Waals surface area contributed by atoms with Crippen LogP contribution in [0.4, 0.5) is 0 Å². The first-order valence-corrected chi connectivity index (χ1v) is 10.2. The smallest absolute Gasteiger partial charge is 0.316 e. The van der Waals surface area contributed by atoms with Crippen LogP contribution in [-0.4, -0.2) is 24.2 Å². The summed E-state index contributed by atoms with van der Waals surface area (Å²) < 4.78 is 5.12. The second-order valence-corrected chi connectivity index (χ2v) is 7.56. The monoisotopic (exact) mass is 385 g/mol. The lowest BCUT2D eigenvalue weighted by molar-refractivity contribution is -0.146. The number of amides is 1. The van der Waals surface area contributed by atoms with E-state index in [1.807, 2.05) is 49.4 Å². The summed E-state index contributed by atoms with van der Waals surface area (Å²) in [4.78, 5) is 25.1. The molecule has 0 spiro atoms. The highest BCUT2D eigenvalue weighted by Gasteiger charge is 2.15. The van der Waals surface area contributed by atoms with Crippen LogP contribution >= 0.6 is 11.8 Å². The number of carbonyl (C=O) groups excluding carboxylic acids is 2. The highest BCUT2D eigenvalue weighted by molar-refractivity contribution is 8.00. The van der Waals surface area contributed by atoms with E-state index in [4.69, 9.17) is 4.74 Å². The Labute approximate surface area is 165 Å². The summed E-state index contributed by atoms with van der Waals surface area (Å²) in [7, 11) is 0.